The molecule has 0 bridgehead atoms. The number of hydrogen-bond acceptors (Lipinski definition) is 4. The molecule has 19 heavy (non-hydrogen) atoms. The van der Waals surface area contributed by atoms with E-state index in [9.17, 15) is 4.79 Å². The largest absolute Gasteiger partial charge is 0.309 e. The van der Waals surface area contributed by atoms with E-state index in [1.807, 2.05) is 29.6 Å². The van der Waals surface area contributed by atoms with Crippen LogP contribution in [-0.2, 0) is 13.1 Å². The normalized spacial score (nSPS) is 10.9. The fourth-order valence-corrected chi connectivity index (χ4v) is 2.61. The molecule has 0 fully saturated rings. The Bertz CT molecular complexity index is 734. The van der Waals surface area contributed by atoms with E-state index in [1.54, 1.807) is 17.4 Å². The molecule has 1 aromatic carbocycles. The maximum atomic E-state index is 11.9. The lowest BCUT2D eigenvalue weighted by Crippen LogP contribution is -2.18. The number of rotatable bonds is 4. The Morgan fingerprint density at radius 3 is 2.89 bits per heavy atom. The van der Waals surface area contributed by atoms with Crippen molar-refractivity contribution in [2.75, 3.05) is 0 Å². The number of aromatic amines is 1. The van der Waals surface area contributed by atoms with Crippen LogP contribution in [0.15, 0.2) is 46.6 Å². The van der Waals surface area contributed by atoms with Crippen molar-refractivity contribution < 1.29 is 0 Å². The summed E-state index contributed by atoms with van der Waals surface area (Å²) in [5.74, 6) is 0.667. The van der Waals surface area contributed by atoms with Gasteiger partial charge >= 0.3 is 0 Å². The maximum absolute atomic E-state index is 11.9. The molecule has 0 atom stereocenters. The van der Waals surface area contributed by atoms with E-state index in [0.29, 0.717) is 17.8 Å². The van der Waals surface area contributed by atoms with Gasteiger partial charge in [-0.3, -0.25) is 4.79 Å². The van der Waals surface area contributed by atoms with Crippen LogP contribution in [0.5, 0.6) is 0 Å². The lowest BCUT2D eigenvalue weighted by molar-refractivity contribution is 0.669. The highest BCUT2D eigenvalue weighted by atomic mass is 32.1. The standard InChI is InChI=1S/C14H13N3OS/c18-14-11-5-1-2-6-12(11)16-13(17-14)9-15-8-10-4-3-7-19-10/h1-7,15H,8-9H2,(H,16,17,18). The number of benzene rings is 1. The number of hydrogen-bond donors (Lipinski definition) is 2. The van der Waals surface area contributed by atoms with Gasteiger partial charge in [0.2, 0.25) is 0 Å². The van der Waals surface area contributed by atoms with E-state index >= 15 is 0 Å². The minimum absolute atomic E-state index is 0.0847. The maximum Gasteiger partial charge on any atom is 0.258 e. The topological polar surface area (TPSA) is 57.8 Å². The van der Waals surface area contributed by atoms with Crippen LogP contribution in [0.3, 0.4) is 0 Å². The zero-order valence-electron chi connectivity index (χ0n) is 10.2. The summed E-state index contributed by atoms with van der Waals surface area (Å²) in [5.41, 5.74) is 0.651. The van der Waals surface area contributed by atoms with Gasteiger partial charge in [-0.25, -0.2) is 4.98 Å². The van der Waals surface area contributed by atoms with Crippen LogP contribution >= 0.6 is 11.3 Å². The van der Waals surface area contributed by atoms with Gasteiger partial charge < -0.3 is 10.3 Å². The lowest BCUT2D eigenvalue weighted by atomic mass is 10.2. The Labute approximate surface area is 114 Å². The average Bonchev–Trinajstić information content (AvgIpc) is 2.92. The molecule has 0 aliphatic rings. The molecule has 3 rings (SSSR count). The SMILES string of the molecule is O=c1[nH]c(CNCc2cccs2)nc2ccccc12. The summed E-state index contributed by atoms with van der Waals surface area (Å²) in [6.45, 7) is 1.34. The molecule has 0 saturated carbocycles. The number of aromatic nitrogens is 2. The summed E-state index contributed by atoms with van der Waals surface area (Å²) >= 11 is 1.71. The first-order valence-corrected chi connectivity index (χ1v) is 6.92. The van der Waals surface area contributed by atoms with Gasteiger partial charge in [-0.1, -0.05) is 18.2 Å². The number of para-hydroxylation sites is 1. The lowest BCUT2D eigenvalue weighted by Gasteiger charge is -2.04. The highest BCUT2D eigenvalue weighted by molar-refractivity contribution is 7.09. The Kier molecular flexibility index (Phi) is 3.39. The van der Waals surface area contributed by atoms with Crippen molar-refractivity contribution in [3.05, 3.63) is 62.8 Å². The summed E-state index contributed by atoms with van der Waals surface area (Å²) in [6.07, 6.45) is 0. The van der Waals surface area contributed by atoms with Crippen molar-refractivity contribution in [3.8, 4) is 0 Å². The number of nitrogens with one attached hydrogen (secondary N) is 2. The van der Waals surface area contributed by atoms with Gasteiger partial charge in [0, 0.05) is 11.4 Å². The molecule has 0 radical (unpaired) electrons. The van der Waals surface area contributed by atoms with E-state index < -0.39 is 0 Å². The second-order valence-corrected chi connectivity index (χ2v) is 5.24. The predicted molar refractivity (Wildman–Crippen MR) is 77.2 cm³/mol. The van der Waals surface area contributed by atoms with Gasteiger partial charge in [0.15, 0.2) is 0 Å². The molecular formula is C14H13N3OS. The number of thiophene rings is 1. The third-order valence-corrected chi connectivity index (χ3v) is 3.71. The molecule has 96 valence electrons. The van der Waals surface area contributed by atoms with Crippen LogP contribution < -0.4 is 10.9 Å². The van der Waals surface area contributed by atoms with Crippen molar-refractivity contribution in [2.24, 2.45) is 0 Å². The van der Waals surface area contributed by atoms with Gasteiger partial charge in [0.1, 0.15) is 5.82 Å². The molecule has 0 aliphatic carbocycles. The molecule has 5 heteroatoms. The third kappa shape index (κ3) is 2.72. The summed E-state index contributed by atoms with van der Waals surface area (Å²) in [4.78, 5) is 20.4. The molecule has 4 nitrogen and oxygen atoms in total. The molecule has 0 unspecified atom stereocenters. The minimum atomic E-state index is -0.0847. The second-order valence-electron chi connectivity index (χ2n) is 4.21. The quantitative estimate of drug-likeness (QED) is 0.765. The van der Waals surface area contributed by atoms with Gasteiger partial charge in [-0.05, 0) is 23.6 Å². The van der Waals surface area contributed by atoms with Gasteiger partial charge in [0.25, 0.3) is 5.56 Å². The Balaban J connectivity index is 1.76. The van der Waals surface area contributed by atoms with Crippen molar-refractivity contribution in [1.29, 1.82) is 0 Å². The number of fused-ring (bicyclic) bond motifs is 1. The highest BCUT2D eigenvalue weighted by Crippen LogP contribution is 2.08. The van der Waals surface area contributed by atoms with Crippen molar-refractivity contribution in [2.45, 2.75) is 13.1 Å². The first kappa shape index (κ1) is 12.1. The third-order valence-electron chi connectivity index (χ3n) is 2.83. The number of H-pyrrole nitrogens is 1. The van der Waals surface area contributed by atoms with Crippen molar-refractivity contribution >= 4 is 22.2 Å². The van der Waals surface area contributed by atoms with Crippen molar-refractivity contribution in [3.63, 3.8) is 0 Å². The number of nitrogens with zero attached hydrogens (tertiary/aromatic N) is 1. The van der Waals surface area contributed by atoms with Crippen LogP contribution in [0.4, 0.5) is 0 Å². The highest BCUT2D eigenvalue weighted by Gasteiger charge is 2.02. The minimum Gasteiger partial charge on any atom is -0.309 e. The molecule has 0 spiro atoms. The Hall–Kier alpha value is -1.98. The first-order valence-electron chi connectivity index (χ1n) is 6.04. The summed E-state index contributed by atoms with van der Waals surface area (Å²) in [6, 6.07) is 11.5. The molecule has 2 N–H and O–H groups in total. The van der Waals surface area contributed by atoms with Gasteiger partial charge in [-0.2, -0.15) is 0 Å². The molecule has 0 aliphatic heterocycles. The second kappa shape index (κ2) is 5.34. The monoisotopic (exact) mass is 271 g/mol. The van der Waals surface area contributed by atoms with E-state index in [-0.39, 0.29) is 5.56 Å². The Morgan fingerprint density at radius 2 is 2.05 bits per heavy atom. The van der Waals surface area contributed by atoms with E-state index in [1.165, 1.54) is 4.88 Å². The Morgan fingerprint density at radius 1 is 1.16 bits per heavy atom. The average molecular weight is 271 g/mol. The smallest absolute Gasteiger partial charge is 0.258 e. The molecule has 0 saturated heterocycles. The zero-order chi connectivity index (χ0) is 13.1. The van der Waals surface area contributed by atoms with Crippen LogP contribution in [0.2, 0.25) is 0 Å². The first-order chi connectivity index (χ1) is 9.33. The van der Waals surface area contributed by atoms with Crippen LogP contribution in [0.25, 0.3) is 10.9 Å². The molecule has 0 amide bonds. The fraction of sp³-hybridized carbons (Fsp3) is 0.143. The molecule has 2 heterocycles. The summed E-state index contributed by atoms with van der Waals surface area (Å²) in [5, 5.41) is 5.95. The zero-order valence-corrected chi connectivity index (χ0v) is 11.0. The van der Waals surface area contributed by atoms with Crippen molar-refractivity contribution in [1.82, 2.24) is 15.3 Å². The van der Waals surface area contributed by atoms with Crippen LogP contribution in [0.1, 0.15) is 10.7 Å². The van der Waals surface area contributed by atoms with Crippen LogP contribution in [0, 0.1) is 0 Å². The predicted octanol–water partition coefficient (Wildman–Crippen LogP) is 2.27. The summed E-state index contributed by atoms with van der Waals surface area (Å²) in [7, 11) is 0. The van der Waals surface area contributed by atoms with Crippen LogP contribution in [-0.4, -0.2) is 9.97 Å². The van der Waals surface area contributed by atoms with Gasteiger partial charge in [-0.15, -0.1) is 11.3 Å². The van der Waals surface area contributed by atoms with Gasteiger partial charge in [0.05, 0.1) is 17.4 Å². The fourth-order valence-electron chi connectivity index (χ4n) is 1.94. The van der Waals surface area contributed by atoms with E-state index in [2.05, 4.69) is 21.4 Å². The summed E-state index contributed by atoms with van der Waals surface area (Å²) < 4.78 is 0. The molecule has 3 aromatic rings. The molecule has 2 aromatic heterocycles. The van der Waals surface area contributed by atoms with E-state index in [0.717, 1.165) is 12.1 Å². The van der Waals surface area contributed by atoms with E-state index in [4.69, 9.17) is 0 Å². The molecular weight excluding hydrogens is 258 g/mol.